The van der Waals surface area contributed by atoms with Crippen molar-refractivity contribution in [2.75, 3.05) is 0 Å². The van der Waals surface area contributed by atoms with E-state index >= 15 is 0 Å². The van der Waals surface area contributed by atoms with Crippen molar-refractivity contribution in [3.05, 3.63) is 35.2 Å². The Hall–Kier alpha value is -1.49. The molecule has 0 atom stereocenters. The third kappa shape index (κ3) is 1.38. The molecule has 2 rings (SSSR count). The van der Waals surface area contributed by atoms with E-state index in [-0.39, 0.29) is 11.5 Å². The minimum atomic E-state index is -3.76. The SMILES string of the molecule is O=S1(=O)C=C(O)c2ccccc2O1. The first-order chi connectivity index (χ1) is 6.08. The smallest absolute Gasteiger partial charge is 0.336 e. The first-order valence-electron chi connectivity index (χ1n) is 3.53. The second-order valence-corrected chi connectivity index (χ2v) is 3.96. The quantitative estimate of drug-likeness (QED) is 0.637. The number of benzene rings is 1. The highest BCUT2D eigenvalue weighted by Gasteiger charge is 2.21. The van der Waals surface area contributed by atoms with Gasteiger partial charge in [-0.3, -0.25) is 0 Å². The van der Waals surface area contributed by atoms with Crippen molar-refractivity contribution in [3.8, 4) is 5.75 Å². The van der Waals surface area contributed by atoms with Crippen LogP contribution < -0.4 is 4.18 Å². The van der Waals surface area contributed by atoms with Gasteiger partial charge in [0, 0.05) is 0 Å². The standard InChI is InChI=1S/C8H6O4S/c9-7-5-13(10,11)12-8-4-2-1-3-6(7)8/h1-5,9H. The normalized spacial score (nSPS) is 18.3. The molecule has 1 heterocycles. The molecule has 0 saturated heterocycles. The van der Waals surface area contributed by atoms with Gasteiger partial charge in [-0.25, -0.2) is 0 Å². The van der Waals surface area contributed by atoms with Gasteiger partial charge >= 0.3 is 10.1 Å². The molecule has 1 aromatic rings. The molecule has 0 amide bonds. The van der Waals surface area contributed by atoms with Crippen LogP contribution in [0.25, 0.3) is 5.76 Å². The third-order valence-electron chi connectivity index (χ3n) is 1.62. The van der Waals surface area contributed by atoms with Gasteiger partial charge in [-0.05, 0) is 12.1 Å². The Morgan fingerprint density at radius 3 is 2.69 bits per heavy atom. The lowest BCUT2D eigenvalue weighted by molar-refractivity contribution is 0.471. The van der Waals surface area contributed by atoms with Crippen LogP contribution in [0.2, 0.25) is 0 Å². The maximum atomic E-state index is 11.0. The molecule has 1 N–H and O–H groups in total. The van der Waals surface area contributed by atoms with Crippen LogP contribution in [0.4, 0.5) is 0 Å². The van der Waals surface area contributed by atoms with E-state index in [9.17, 15) is 13.5 Å². The zero-order valence-corrected chi connectivity index (χ0v) is 7.28. The molecule has 13 heavy (non-hydrogen) atoms. The summed E-state index contributed by atoms with van der Waals surface area (Å²) in [6.07, 6.45) is 0. The van der Waals surface area contributed by atoms with Crippen molar-refractivity contribution in [1.29, 1.82) is 0 Å². The van der Waals surface area contributed by atoms with Gasteiger partial charge in [0.15, 0.2) is 5.75 Å². The van der Waals surface area contributed by atoms with Crippen LogP contribution in [0.3, 0.4) is 0 Å². The second kappa shape index (κ2) is 2.50. The van der Waals surface area contributed by atoms with Gasteiger partial charge in [-0.2, -0.15) is 8.42 Å². The largest absolute Gasteiger partial charge is 0.506 e. The molecule has 0 saturated carbocycles. The Labute approximate surface area is 75.2 Å². The third-order valence-corrected chi connectivity index (χ3v) is 2.55. The van der Waals surface area contributed by atoms with Crippen LogP contribution in [-0.4, -0.2) is 13.5 Å². The number of rotatable bonds is 0. The fourth-order valence-corrected chi connectivity index (χ4v) is 1.94. The van der Waals surface area contributed by atoms with E-state index in [4.69, 9.17) is 0 Å². The number of fused-ring (bicyclic) bond motifs is 1. The van der Waals surface area contributed by atoms with Crippen LogP contribution in [0.15, 0.2) is 29.7 Å². The first-order valence-corrected chi connectivity index (χ1v) is 5.00. The van der Waals surface area contributed by atoms with Gasteiger partial charge in [0.05, 0.1) is 5.56 Å². The van der Waals surface area contributed by atoms with E-state index in [1.165, 1.54) is 6.07 Å². The second-order valence-electron chi connectivity index (χ2n) is 2.58. The molecule has 0 bridgehead atoms. The first kappa shape index (κ1) is 8.12. The Balaban J connectivity index is 2.68. The Kier molecular flexibility index (Phi) is 1.56. The van der Waals surface area contributed by atoms with Gasteiger partial charge < -0.3 is 9.29 Å². The predicted molar refractivity (Wildman–Crippen MR) is 46.6 cm³/mol. The molecule has 4 nitrogen and oxygen atoms in total. The minimum Gasteiger partial charge on any atom is -0.506 e. The molecule has 1 aliphatic rings. The summed E-state index contributed by atoms with van der Waals surface area (Å²) in [5.41, 5.74) is 0.386. The summed E-state index contributed by atoms with van der Waals surface area (Å²) < 4.78 is 26.6. The summed E-state index contributed by atoms with van der Waals surface area (Å²) in [4.78, 5) is 0. The van der Waals surface area contributed by atoms with E-state index in [1.54, 1.807) is 18.2 Å². The van der Waals surface area contributed by atoms with Crippen molar-refractivity contribution in [1.82, 2.24) is 0 Å². The Morgan fingerprint density at radius 2 is 1.92 bits per heavy atom. The molecule has 0 spiro atoms. The fraction of sp³-hybridized carbons (Fsp3) is 0. The number of para-hydroxylation sites is 1. The maximum absolute atomic E-state index is 11.0. The van der Waals surface area contributed by atoms with E-state index in [2.05, 4.69) is 4.18 Å². The molecule has 0 aromatic heterocycles. The molecule has 68 valence electrons. The summed E-state index contributed by atoms with van der Waals surface area (Å²) in [5.74, 6) is -0.135. The van der Waals surface area contributed by atoms with Crippen molar-refractivity contribution in [3.63, 3.8) is 0 Å². The molecule has 0 unspecified atom stereocenters. The zero-order valence-electron chi connectivity index (χ0n) is 6.47. The monoisotopic (exact) mass is 198 g/mol. The number of aliphatic hydroxyl groups excluding tert-OH is 1. The summed E-state index contributed by atoms with van der Waals surface area (Å²) in [6, 6.07) is 6.38. The van der Waals surface area contributed by atoms with E-state index in [0.717, 1.165) is 0 Å². The average molecular weight is 198 g/mol. The van der Waals surface area contributed by atoms with Gasteiger partial charge in [0.25, 0.3) is 0 Å². The van der Waals surface area contributed by atoms with Gasteiger partial charge in [0.2, 0.25) is 0 Å². The molecular formula is C8H6O4S. The van der Waals surface area contributed by atoms with E-state index in [1.807, 2.05) is 0 Å². The van der Waals surface area contributed by atoms with E-state index < -0.39 is 10.1 Å². The van der Waals surface area contributed by atoms with Crippen molar-refractivity contribution >= 4 is 15.9 Å². The molecule has 5 heteroatoms. The van der Waals surface area contributed by atoms with Crippen LogP contribution in [0, 0.1) is 0 Å². The van der Waals surface area contributed by atoms with Crippen LogP contribution in [0.1, 0.15) is 5.56 Å². The van der Waals surface area contributed by atoms with Gasteiger partial charge in [-0.15, -0.1) is 0 Å². The Morgan fingerprint density at radius 1 is 1.23 bits per heavy atom. The Bertz CT molecular complexity index is 473. The highest BCUT2D eigenvalue weighted by atomic mass is 32.2. The number of aliphatic hydroxyl groups is 1. The average Bonchev–Trinajstić information content (AvgIpc) is 2.02. The number of hydrogen-bond donors (Lipinski definition) is 1. The lowest BCUT2D eigenvalue weighted by atomic mass is 10.2. The van der Waals surface area contributed by atoms with E-state index in [0.29, 0.717) is 11.0 Å². The molecular weight excluding hydrogens is 192 g/mol. The van der Waals surface area contributed by atoms with Crippen molar-refractivity contribution in [2.45, 2.75) is 0 Å². The fourth-order valence-electron chi connectivity index (χ4n) is 1.10. The van der Waals surface area contributed by atoms with Gasteiger partial charge in [-0.1, -0.05) is 12.1 Å². The molecule has 1 aromatic carbocycles. The summed E-state index contributed by atoms with van der Waals surface area (Å²) in [6.45, 7) is 0. The summed E-state index contributed by atoms with van der Waals surface area (Å²) in [5, 5.41) is 9.99. The number of hydrogen-bond acceptors (Lipinski definition) is 4. The summed E-state index contributed by atoms with van der Waals surface area (Å²) >= 11 is 0. The molecule has 1 aliphatic heterocycles. The predicted octanol–water partition coefficient (Wildman–Crippen LogP) is 1.27. The molecule has 0 aliphatic carbocycles. The van der Waals surface area contributed by atoms with Crippen molar-refractivity contribution in [2.24, 2.45) is 0 Å². The van der Waals surface area contributed by atoms with Crippen LogP contribution in [0.5, 0.6) is 5.75 Å². The lowest BCUT2D eigenvalue weighted by Crippen LogP contribution is -2.11. The minimum absolute atomic E-state index is 0.155. The van der Waals surface area contributed by atoms with Gasteiger partial charge in [0.1, 0.15) is 11.2 Å². The highest BCUT2D eigenvalue weighted by Crippen LogP contribution is 2.30. The molecule has 0 radical (unpaired) electrons. The topological polar surface area (TPSA) is 63.6 Å². The molecule has 0 fully saturated rings. The zero-order chi connectivity index (χ0) is 9.47. The highest BCUT2D eigenvalue weighted by molar-refractivity contribution is 7.90. The van der Waals surface area contributed by atoms with Crippen LogP contribution >= 0.6 is 0 Å². The lowest BCUT2D eigenvalue weighted by Gasteiger charge is -2.13. The van der Waals surface area contributed by atoms with Crippen molar-refractivity contribution < 1.29 is 17.7 Å². The summed E-state index contributed by atoms with van der Waals surface area (Å²) in [7, 11) is -3.76. The van der Waals surface area contributed by atoms with Crippen LogP contribution in [-0.2, 0) is 10.1 Å². The maximum Gasteiger partial charge on any atom is 0.336 e.